The number of carbonyl (C=O) groups is 1. The van der Waals surface area contributed by atoms with Crippen LogP contribution >= 0.6 is 27.2 Å². The van der Waals surface area contributed by atoms with E-state index in [0.717, 1.165) is 83.4 Å². The molecule has 0 radical (unpaired) electrons. The SMILES string of the molecule is CCCCOP(=O)(O)OCCCC.CCCCOP(=O)(OCCCC)OCCN1CCCC1.ClCCN1CCCC1.O=CO[O-].[H-].[K+].[K+]. The largest absolute Gasteiger partial charge is 1.00 e. The summed E-state index contributed by atoms with van der Waals surface area (Å²) in [4.78, 5) is 25.1. The third kappa shape index (κ3) is 40.2. The van der Waals surface area contributed by atoms with Crippen LogP contribution in [0.4, 0.5) is 0 Å². The van der Waals surface area contributed by atoms with Crippen molar-refractivity contribution >= 4 is 33.7 Å². The fourth-order valence-corrected chi connectivity index (χ4v) is 6.12. The average Bonchev–Trinajstić information content (AvgIpc) is 3.74. The van der Waals surface area contributed by atoms with Crippen molar-refractivity contribution in [3.63, 3.8) is 0 Å². The van der Waals surface area contributed by atoms with Crippen molar-refractivity contribution in [2.24, 2.45) is 0 Å². The van der Waals surface area contributed by atoms with Gasteiger partial charge < -0.3 is 26.3 Å². The Balaban J connectivity index is -0.000000190. The van der Waals surface area contributed by atoms with Gasteiger partial charge in [-0.25, -0.2) is 9.13 Å². The van der Waals surface area contributed by atoms with Crippen molar-refractivity contribution in [1.29, 1.82) is 0 Å². The number of alkyl halides is 1. The van der Waals surface area contributed by atoms with E-state index in [1.54, 1.807) is 0 Å². The predicted octanol–water partition coefficient (Wildman–Crippen LogP) is 0.437. The first-order valence-corrected chi connectivity index (χ1v) is 20.0. The van der Waals surface area contributed by atoms with Crippen LogP contribution in [0, 0.1) is 0 Å². The Morgan fingerprint density at radius 2 is 1.00 bits per heavy atom. The van der Waals surface area contributed by atoms with Gasteiger partial charge >= 0.3 is 118 Å². The van der Waals surface area contributed by atoms with Gasteiger partial charge in [-0.3, -0.25) is 27.4 Å². The van der Waals surface area contributed by atoms with Gasteiger partial charge in [0.25, 0.3) is 6.47 Å². The van der Waals surface area contributed by atoms with Gasteiger partial charge in [-0.2, -0.15) is 0 Å². The second kappa shape index (κ2) is 41.9. The quantitative estimate of drug-likeness (QED) is 0.0290. The summed E-state index contributed by atoms with van der Waals surface area (Å²) in [6.45, 7) is 16.4. The molecule has 2 rings (SSSR count). The fourth-order valence-electron chi connectivity index (χ4n) is 3.85. The Kier molecular flexibility index (Phi) is 50.7. The summed E-state index contributed by atoms with van der Waals surface area (Å²) in [6.07, 6.45) is 12.4. The van der Waals surface area contributed by atoms with E-state index in [2.05, 4.69) is 28.5 Å². The third-order valence-corrected chi connectivity index (χ3v) is 9.18. The van der Waals surface area contributed by atoms with E-state index in [0.29, 0.717) is 19.8 Å². The number of rotatable bonds is 23. The monoisotopic (exact) mass is 790 g/mol. The van der Waals surface area contributed by atoms with E-state index in [1.807, 2.05) is 13.8 Å². The molecule has 2 aliphatic rings. The van der Waals surface area contributed by atoms with E-state index >= 15 is 0 Å². The van der Waals surface area contributed by atoms with E-state index in [1.165, 1.54) is 38.8 Å². The molecule has 0 spiro atoms. The van der Waals surface area contributed by atoms with E-state index in [9.17, 15) is 9.13 Å². The molecular formula is C29H63ClK2N2O11P2. The van der Waals surface area contributed by atoms with Crippen molar-refractivity contribution in [3.05, 3.63) is 0 Å². The standard InChI is InChI=1S/C14H30NO4P.C8H19O4P.C6H12ClN.CH2O3.2K.H/c1-3-5-12-17-20(16,18-13-6-4-2)19-14-11-15-9-7-8-10-15;1-3-5-7-11-13(9,10)12-8-6-4-2;7-3-6-8-4-1-2-5-8;2-1-4-3;;;/h3-14H2,1-2H3;3-8H2,1-2H3,(H,9,10);1-6H2;1,3H;;;/q;;;;2*+1;-1/p-1. The molecule has 0 aromatic carbocycles. The molecule has 2 heterocycles. The van der Waals surface area contributed by atoms with Gasteiger partial charge in [0.1, 0.15) is 0 Å². The van der Waals surface area contributed by atoms with Crippen LogP contribution < -0.4 is 108 Å². The molecule has 0 saturated carbocycles. The third-order valence-electron chi connectivity index (χ3n) is 6.49. The van der Waals surface area contributed by atoms with Crippen LogP contribution in [0.3, 0.4) is 0 Å². The molecule has 13 nitrogen and oxygen atoms in total. The minimum atomic E-state index is -3.75. The summed E-state index contributed by atoms with van der Waals surface area (Å²) in [6, 6.07) is 0. The van der Waals surface area contributed by atoms with Crippen molar-refractivity contribution in [2.45, 2.75) is 105 Å². The summed E-state index contributed by atoms with van der Waals surface area (Å²) in [7, 11) is -7.11. The fraction of sp³-hybridized carbons (Fsp3) is 0.966. The molecule has 1 N–H and O–H groups in total. The summed E-state index contributed by atoms with van der Waals surface area (Å²) >= 11 is 5.54. The van der Waals surface area contributed by atoms with Crippen LogP contribution in [0.15, 0.2) is 0 Å². The number of hydrogen-bond donors (Lipinski definition) is 1. The zero-order valence-electron chi connectivity index (χ0n) is 31.2. The van der Waals surface area contributed by atoms with Gasteiger partial charge in [0.15, 0.2) is 0 Å². The first kappa shape index (κ1) is 56.9. The Morgan fingerprint density at radius 3 is 1.32 bits per heavy atom. The number of likely N-dealkylation sites (tertiary alicyclic amines) is 2. The maximum absolute atomic E-state index is 12.5. The van der Waals surface area contributed by atoms with Crippen LogP contribution in [0.1, 0.15) is 106 Å². The molecule has 0 amide bonds. The zero-order chi connectivity index (χ0) is 34.1. The van der Waals surface area contributed by atoms with Crippen molar-refractivity contribution in [1.82, 2.24) is 9.80 Å². The number of phosphoric ester groups is 2. The molecule has 47 heavy (non-hydrogen) atoms. The normalized spacial score (nSPS) is 14.7. The first-order valence-electron chi connectivity index (χ1n) is 16.6. The van der Waals surface area contributed by atoms with Gasteiger partial charge in [-0.1, -0.05) is 53.4 Å². The van der Waals surface area contributed by atoms with Gasteiger partial charge in [-0.05, 0) is 77.5 Å². The Hall–Kier alpha value is 3.13. The number of nitrogens with zero attached hydrogens (tertiary/aromatic N) is 2. The summed E-state index contributed by atoms with van der Waals surface area (Å²) in [5.41, 5.74) is 0. The zero-order valence-corrected chi connectivity index (χ0v) is 39.0. The van der Waals surface area contributed by atoms with Gasteiger partial charge in [-0.15, -0.1) is 11.6 Å². The smallest absolute Gasteiger partial charge is 1.00 e. The van der Waals surface area contributed by atoms with Crippen LogP contribution in [0.5, 0.6) is 0 Å². The number of carbonyl (C=O) groups excluding carboxylic acids is 1. The molecule has 274 valence electrons. The molecule has 0 aromatic rings. The number of phosphoric acid groups is 2. The number of halogens is 1. The maximum atomic E-state index is 12.5. The van der Waals surface area contributed by atoms with Crippen molar-refractivity contribution in [3.8, 4) is 0 Å². The van der Waals surface area contributed by atoms with Crippen LogP contribution in [0.2, 0.25) is 0 Å². The van der Waals surface area contributed by atoms with Crippen molar-refractivity contribution < 1.29 is 156 Å². The average molecular weight is 791 g/mol. The molecule has 0 unspecified atom stereocenters. The second-order valence-corrected chi connectivity index (χ2v) is 14.0. The van der Waals surface area contributed by atoms with E-state index in [4.69, 9.17) is 49.2 Å². The summed E-state index contributed by atoms with van der Waals surface area (Å²) < 4.78 is 49.1. The van der Waals surface area contributed by atoms with Crippen LogP contribution in [0.25, 0.3) is 0 Å². The van der Waals surface area contributed by atoms with Gasteiger partial charge in [0.2, 0.25) is 0 Å². The molecule has 0 aliphatic carbocycles. The van der Waals surface area contributed by atoms with E-state index in [-0.39, 0.29) is 124 Å². The van der Waals surface area contributed by atoms with Crippen LogP contribution in [-0.4, -0.2) is 99.3 Å². The molecule has 2 aliphatic heterocycles. The Morgan fingerprint density at radius 1 is 0.681 bits per heavy atom. The molecule has 2 fully saturated rings. The first-order chi connectivity index (χ1) is 21.7. The summed E-state index contributed by atoms with van der Waals surface area (Å²) in [5, 5.41) is 8.43. The van der Waals surface area contributed by atoms with Crippen LogP contribution in [-0.2, 0) is 41.4 Å². The second-order valence-electron chi connectivity index (χ2n) is 10.5. The van der Waals surface area contributed by atoms with E-state index < -0.39 is 15.6 Å². The molecule has 2 saturated heterocycles. The summed E-state index contributed by atoms with van der Waals surface area (Å²) in [5.74, 6) is 0.792. The molecule has 0 bridgehead atoms. The Labute approximate surface area is 377 Å². The molecular weight excluding hydrogens is 728 g/mol. The topological polar surface area (TPSA) is 156 Å². The van der Waals surface area contributed by atoms with Gasteiger partial charge in [0.05, 0.1) is 33.0 Å². The minimum Gasteiger partial charge on any atom is -1.00 e. The molecule has 0 atom stereocenters. The predicted molar refractivity (Wildman–Crippen MR) is 177 cm³/mol. The number of unbranched alkanes of at least 4 members (excludes halogenated alkanes) is 4. The van der Waals surface area contributed by atoms with Crippen molar-refractivity contribution in [2.75, 3.05) is 78.2 Å². The molecule has 18 heteroatoms. The minimum absolute atomic E-state index is 0. The molecule has 0 aromatic heterocycles. The van der Waals surface area contributed by atoms with Gasteiger partial charge in [0, 0.05) is 19.0 Å². The Bertz CT molecular complexity index is 723. The maximum Gasteiger partial charge on any atom is 1.00 e. The number of hydrogen-bond acceptors (Lipinski definition) is 12.